The Bertz CT molecular complexity index is 2240. The van der Waals surface area contributed by atoms with Crippen LogP contribution in [0.15, 0.2) is 60.9 Å². The predicted molar refractivity (Wildman–Crippen MR) is 233 cm³/mol. The molecule has 61 heavy (non-hydrogen) atoms. The minimum Gasteiger partial charge on any atom is -0.444 e. The SMILES string of the molecule is C[C@@H](NC(=O)OC(C)(C)C)c1ccc(-c2cc(Cl)ncc2F)cc1Cl.C[C@@H](NC(=O)OC(C)(C)C)c1ccc(-c2cc(NC(=O)C3CC3)ncc2F)cc1Cl.NC(=O)C1CC1. The maximum atomic E-state index is 14.4. The van der Waals surface area contributed by atoms with E-state index >= 15 is 0 Å². The average Bonchev–Trinajstić information content (AvgIpc) is 4.06. The topological polar surface area (TPSA) is 175 Å². The zero-order chi connectivity index (χ0) is 45.4. The monoisotopic (exact) mass is 902 g/mol. The fraction of sp³-hybridized carbons (Fsp3) is 0.409. The van der Waals surface area contributed by atoms with E-state index in [2.05, 4.69) is 25.9 Å². The number of carbonyl (C=O) groups is 4. The molecule has 0 unspecified atom stereocenters. The van der Waals surface area contributed by atoms with Crippen LogP contribution < -0.4 is 21.7 Å². The highest BCUT2D eigenvalue weighted by Gasteiger charge is 2.30. The van der Waals surface area contributed by atoms with Gasteiger partial charge in [-0.05, 0) is 128 Å². The fourth-order valence-corrected chi connectivity index (χ4v) is 6.37. The summed E-state index contributed by atoms with van der Waals surface area (Å²) in [6.45, 7) is 14.3. The fourth-order valence-electron chi connectivity index (χ4n) is 5.52. The van der Waals surface area contributed by atoms with Crippen molar-refractivity contribution in [2.75, 3.05) is 5.32 Å². The number of amides is 4. The van der Waals surface area contributed by atoms with E-state index in [0.29, 0.717) is 43.7 Å². The quantitative estimate of drug-likeness (QED) is 0.120. The number of nitrogens with one attached hydrogen (secondary N) is 3. The number of benzene rings is 2. The van der Waals surface area contributed by atoms with E-state index in [9.17, 15) is 28.0 Å². The number of primary amides is 1. The Kier molecular flexibility index (Phi) is 16.5. The molecule has 2 saturated carbocycles. The van der Waals surface area contributed by atoms with Gasteiger partial charge in [0.15, 0.2) is 0 Å². The second kappa shape index (κ2) is 20.7. The van der Waals surface area contributed by atoms with Crippen molar-refractivity contribution in [2.45, 2.75) is 104 Å². The van der Waals surface area contributed by atoms with Crippen LogP contribution in [0.2, 0.25) is 15.2 Å². The van der Waals surface area contributed by atoms with Crippen molar-refractivity contribution in [3.8, 4) is 22.3 Å². The number of anilines is 1. The third-order valence-electron chi connectivity index (χ3n) is 8.88. The molecule has 2 aliphatic carbocycles. The molecule has 0 bridgehead atoms. The Hall–Kier alpha value is -5.05. The van der Waals surface area contributed by atoms with Crippen molar-refractivity contribution < 1.29 is 37.4 Å². The van der Waals surface area contributed by atoms with E-state index in [1.165, 1.54) is 12.1 Å². The molecule has 2 aromatic carbocycles. The number of pyridine rings is 2. The summed E-state index contributed by atoms with van der Waals surface area (Å²) in [6.07, 6.45) is 4.83. The first kappa shape index (κ1) is 48.6. The van der Waals surface area contributed by atoms with Crippen LogP contribution in [-0.2, 0) is 19.1 Å². The molecule has 6 rings (SSSR count). The number of carbonyl (C=O) groups excluding carboxylic acids is 4. The first-order valence-corrected chi connectivity index (χ1v) is 20.7. The third-order valence-corrected chi connectivity index (χ3v) is 9.74. The second-order valence-corrected chi connectivity index (χ2v) is 17.9. The molecule has 12 nitrogen and oxygen atoms in total. The van der Waals surface area contributed by atoms with Crippen LogP contribution in [0.3, 0.4) is 0 Å². The summed E-state index contributed by atoms with van der Waals surface area (Å²) in [5.74, 6) is -0.691. The summed E-state index contributed by atoms with van der Waals surface area (Å²) in [5, 5.41) is 9.13. The molecule has 2 atom stereocenters. The van der Waals surface area contributed by atoms with Gasteiger partial charge in [-0.15, -0.1) is 0 Å². The third kappa shape index (κ3) is 15.7. The van der Waals surface area contributed by atoms with Gasteiger partial charge in [-0.2, -0.15) is 0 Å². The van der Waals surface area contributed by atoms with Crippen LogP contribution in [0.1, 0.15) is 104 Å². The van der Waals surface area contributed by atoms with Crippen LogP contribution in [-0.4, -0.2) is 45.2 Å². The van der Waals surface area contributed by atoms with E-state index in [4.69, 9.17) is 50.0 Å². The highest BCUT2D eigenvalue weighted by molar-refractivity contribution is 6.32. The molecule has 2 aromatic heterocycles. The van der Waals surface area contributed by atoms with E-state index in [0.717, 1.165) is 38.1 Å². The lowest BCUT2D eigenvalue weighted by molar-refractivity contribution is -0.119. The van der Waals surface area contributed by atoms with Crippen LogP contribution in [0, 0.1) is 23.5 Å². The summed E-state index contributed by atoms with van der Waals surface area (Å²) in [7, 11) is 0. The molecule has 328 valence electrons. The number of rotatable bonds is 9. The zero-order valence-corrected chi connectivity index (χ0v) is 37.5. The van der Waals surface area contributed by atoms with Crippen LogP contribution in [0.25, 0.3) is 22.3 Å². The van der Waals surface area contributed by atoms with Crippen molar-refractivity contribution in [3.05, 3.63) is 98.9 Å². The van der Waals surface area contributed by atoms with Crippen molar-refractivity contribution in [1.29, 1.82) is 0 Å². The van der Waals surface area contributed by atoms with Crippen LogP contribution >= 0.6 is 34.8 Å². The van der Waals surface area contributed by atoms with Gasteiger partial charge >= 0.3 is 12.2 Å². The summed E-state index contributed by atoms with van der Waals surface area (Å²) < 4.78 is 38.8. The lowest BCUT2D eigenvalue weighted by atomic mass is 10.0. The van der Waals surface area contributed by atoms with Crippen molar-refractivity contribution in [3.63, 3.8) is 0 Å². The van der Waals surface area contributed by atoms with Gasteiger partial charge < -0.3 is 31.2 Å². The predicted octanol–water partition coefficient (Wildman–Crippen LogP) is 11.1. The Labute approximate surface area is 369 Å². The number of nitrogens with zero attached hydrogens (tertiary/aromatic N) is 2. The number of alkyl carbamates (subject to hydrolysis) is 2. The molecule has 0 aliphatic heterocycles. The number of hydrogen-bond acceptors (Lipinski definition) is 8. The van der Waals surface area contributed by atoms with Crippen molar-refractivity contribution >= 4 is 64.6 Å². The summed E-state index contributed by atoms with van der Waals surface area (Å²) in [4.78, 5) is 53.4. The number of hydrogen-bond donors (Lipinski definition) is 4. The maximum Gasteiger partial charge on any atom is 0.408 e. The molecule has 4 aromatic rings. The Morgan fingerprint density at radius 2 is 1.11 bits per heavy atom. The smallest absolute Gasteiger partial charge is 0.408 e. The molecule has 0 radical (unpaired) electrons. The molecule has 2 heterocycles. The maximum absolute atomic E-state index is 14.4. The summed E-state index contributed by atoms with van der Waals surface area (Å²) in [5.41, 5.74) is 6.71. The van der Waals surface area contributed by atoms with Gasteiger partial charge in [0.1, 0.15) is 33.8 Å². The Balaban J connectivity index is 0.000000239. The largest absolute Gasteiger partial charge is 0.444 e. The minimum absolute atomic E-state index is 0.0213. The van der Waals surface area contributed by atoms with E-state index < -0.39 is 41.1 Å². The average molecular weight is 904 g/mol. The highest BCUT2D eigenvalue weighted by Crippen LogP contribution is 2.34. The van der Waals surface area contributed by atoms with E-state index in [1.54, 1.807) is 91.8 Å². The number of ether oxygens (including phenoxy) is 2. The Morgan fingerprint density at radius 3 is 1.49 bits per heavy atom. The van der Waals surface area contributed by atoms with Crippen molar-refractivity contribution in [1.82, 2.24) is 20.6 Å². The van der Waals surface area contributed by atoms with Gasteiger partial charge in [-0.25, -0.2) is 28.3 Å². The van der Waals surface area contributed by atoms with Gasteiger partial charge in [0.25, 0.3) is 0 Å². The van der Waals surface area contributed by atoms with E-state index in [-0.39, 0.29) is 40.4 Å². The summed E-state index contributed by atoms with van der Waals surface area (Å²) in [6, 6.07) is 12.3. The van der Waals surface area contributed by atoms with Crippen molar-refractivity contribution in [2.24, 2.45) is 17.6 Å². The molecule has 17 heteroatoms. The first-order valence-electron chi connectivity index (χ1n) is 19.6. The van der Waals surface area contributed by atoms with Gasteiger partial charge in [0.2, 0.25) is 11.8 Å². The second-order valence-electron chi connectivity index (χ2n) is 16.7. The molecular weight excluding hydrogens is 853 g/mol. The molecule has 0 saturated heterocycles. The number of halogens is 5. The lowest BCUT2D eigenvalue weighted by Crippen LogP contribution is -2.34. The Morgan fingerprint density at radius 1 is 0.689 bits per heavy atom. The number of nitrogens with two attached hydrogens (primary N) is 1. The normalized spacial score (nSPS) is 14.4. The lowest BCUT2D eigenvalue weighted by Gasteiger charge is -2.22. The molecule has 5 N–H and O–H groups in total. The van der Waals surface area contributed by atoms with E-state index in [1.807, 2.05) is 0 Å². The standard InChI is InChI=1S/C22H25ClFN3O3.C18H19Cl2FN2O2.C4H7NO/c1-12(26-21(29)30-22(2,3)4)15-8-7-14(9-17(15)23)16-10-19(25-11-18(16)24)27-20(28)13-5-6-13;1-10(23-17(24)25-18(2,3)4)12-6-5-11(7-14(12)19)13-8-16(20)22-9-15(13)21;5-4(6)3-1-2-3/h7-13H,5-6H2,1-4H3,(H,26,29)(H,25,27,28);5-10H,1-4H3,(H,23,24);3H,1-2H2,(H2,5,6)/t12-;10-;/m11./s1. The highest BCUT2D eigenvalue weighted by atomic mass is 35.5. The molecule has 2 aliphatic rings. The molecule has 2 fully saturated rings. The number of aromatic nitrogens is 2. The van der Waals surface area contributed by atoms with Gasteiger partial charge in [-0.1, -0.05) is 59.1 Å². The summed E-state index contributed by atoms with van der Waals surface area (Å²) >= 11 is 18.6. The van der Waals surface area contributed by atoms with Crippen LogP contribution in [0.5, 0.6) is 0 Å². The van der Waals surface area contributed by atoms with Gasteiger partial charge in [0, 0.05) is 33.0 Å². The van der Waals surface area contributed by atoms with Gasteiger partial charge in [0.05, 0.1) is 24.5 Å². The minimum atomic E-state index is -0.608. The molecule has 4 amide bonds. The van der Waals surface area contributed by atoms with Crippen LogP contribution in [0.4, 0.5) is 24.2 Å². The molecular formula is C44H51Cl3F2N6O6. The first-order chi connectivity index (χ1) is 28.4. The van der Waals surface area contributed by atoms with Gasteiger partial charge in [-0.3, -0.25) is 9.59 Å². The zero-order valence-electron chi connectivity index (χ0n) is 35.2. The molecule has 0 spiro atoms.